The maximum atomic E-state index is 10.6. The monoisotopic (exact) mass is 175 g/mol. The van der Waals surface area contributed by atoms with E-state index >= 15 is 0 Å². The van der Waals surface area contributed by atoms with Gasteiger partial charge in [0.05, 0.1) is 0 Å². The zero-order valence-electron chi connectivity index (χ0n) is 7.87. The van der Waals surface area contributed by atoms with Crippen LogP contribution in [-0.2, 0) is 0 Å². The minimum atomic E-state index is 0.700. The van der Waals surface area contributed by atoms with Crippen LogP contribution in [0, 0.1) is 0 Å². The number of aromatic nitrogens is 1. The molecule has 0 spiro atoms. The molecule has 13 heavy (non-hydrogen) atoms. The van der Waals surface area contributed by atoms with E-state index in [-0.39, 0.29) is 0 Å². The zero-order chi connectivity index (χ0) is 9.68. The Morgan fingerprint density at radius 2 is 1.92 bits per heavy atom. The molecule has 0 aliphatic carbocycles. The Balaban J connectivity index is 3.20. The molecular formula is C11H13NO. The average Bonchev–Trinajstić information content (AvgIpc) is 2.50. The molecule has 0 amide bonds. The highest BCUT2D eigenvalue weighted by Crippen LogP contribution is 2.15. The molecule has 68 valence electrons. The number of hydrogen-bond donors (Lipinski definition) is 1. The normalized spacial score (nSPS) is 11.5. The third-order valence-corrected chi connectivity index (χ3v) is 1.78. The minimum absolute atomic E-state index is 0.700. The van der Waals surface area contributed by atoms with Gasteiger partial charge in [0, 0.05) is 23.0 Å². The molecule has 0 atom stereocenters. The molecular weight excluding hydrogens is 162 g/mol. The molecule has 2 heteroatoms. The predicted molar refractivity (Wildman–Crippen MR) is 55.6 cm³/mol. The van der Waals surface area contributed by atoms with E-state index in [1.807, 2.05) is 38.2 Å². The summed E-state index contributed by atoms with van der Waals surface area (Å²) in [5, 5.41) is 0. The molecule has 0 bridgehead atoms. The van der Waals surface area contributed by atoms with Crippen molar-refractivity contribution in [3.63, 3.8) is 0 Å². The standard InChI is InChI=1S/C11H13NO/c1-3-5-10-9(8-13)7-12-11(10)6-4-2/h3-8,12H,1-2H3/b5-3-,6-4-. The Bertz CT molecular complexity index is 345. The molecule has 0 unspecified atom stereocenters. The molecule has 1 aromatic rings. The zero-order valence-corrected chi connectivity index (χ0v) is 7.87. The summed E-state index contributed by atoms with van der Waals surface area (Å²) >= 11 is 0. The van der Waals surface area contributed by atoms with Gasteiger partial charge in [-0.05, 0) is 19.9 Å². The second-order valence-corrected chi connectivity index (χ2v) is 2.69. The van der Waals surface area contributed by atoms with Crippen LogP contribution in [0.2, 0.25) is 0 Å². The number of carbonyl (C=O) groups excluding carboxylic acids is 1. The van der Waals surface area contributed by atoms with Gasteiger partial charge in [0.15, 0.2) is 6.29 Å². The Labute approximate surface area is 78.0 Å². The lowest BCUT2D eigenvalue weighted by Gasteiger charge is -1.92. The fraction of sp³-hybridized carbons (Fsp3) is 0.182. The van der Waals surface area contributed by atoms with E-state index in [0.717, 1.165) is 17.5 Å². The van der Waals surface area contributed by atoms with Crippen LogP contribution in [0.3, 0.4) is 0 Å². The maximum absolute atomic E-state index is 10.6. The highest BCUT2D eigenvalue weighted by molar-refractivity contribution is 5.84. The van der Waals surface area contributed by atoms with Crippen molar-refractivity contribution in [3.8, 4) is 0 Å². The van der Waals surface area contributed by atoms with E-state index in [4.69, 9.17) is 0 Å². The summed E-state index contributed by atoms with van der Waals surface area (Å²) in [6, 6.07) is 0. The van der Waals surface area contributed by atoms with Gasteiger partial charge >= 0.3 is 0 Å². The van der Waals surface area contributed by atoms with Gasteiger partial charge in [-0.2, -0.15) is 0 Å². The van der Waals surface area contributed by atoms with Gasteiger partial charge in [0.2, 0.25) is 0 Å². The average molecular weight is 175 g/mol. The summed E-state index contributed by atoms with van der Waals surface area (Å²) in [4.78, 5) is 13.7. The first kappa shape index (κ1) is 9.52. The van der Waals surface area contributed by atoms with Crippen molar-refractivity contribution in [3.05, 3.63) is 35.2 Å². The van der Waals surface area contributed by atoms with Crippen molar-refractivity contribution in [2.45, 2.75) is 13.8 Å². The van der Waals surface area contributed by atoms with E-state index in [1.54, 1.807) is 6.20 Å². The quantitative estimate of drug-likeness (QED) is 0.704. The SMILES string of the molecule is C/C=C\c1[nH]cc(C=O)c1/C=C\C. The first-order valence-electron chi connectivity index (χ1n) is 4.25. The van der Waals surface area contributed by atoms with Crippen LogP contribution in [0.1, 0.15) is 35.5 Å². The fourth-order valence-corrected chi connectivity index (χ4v) is 1.22. The third kappa shape index (κ3) is 1.96. The van der Waals surface area contributed by atoms with Crippen LogP contribution in [-0.4, -0.2) is 11.3 Å². The van der Waals surface area contributed by atoms with Crippen molar-refractivity contribution in [1.82, 2.24) is 4.98 Å². The molecule has 1 rings (SSSR count). The topological polar surface area (TPSA) is 32.9 Å². The first-order chi connectivity index (χ1) is 6.33. The molecule has 0 radical (unpaired) electrons. The molecule has 0 saturated carbocycles. The van der Waals surface area contributed by atoms with Gasteiger partial charge in [-0.1, -0.05) is 18.2 Å². The molecule has 0 saturated heterocycles. The van der Waals surface area contributed by atoms with Crippen LogP contribution in [0.25, 0.3) is 12.2 Å². The van der Waals surface area contributed by atoms with Crippen LogP contribution >= 0.6 is 0 Å². The summed E-state index contributed by atoms with van der Waals surface area (Å²) in [7, 11) is 0. The van der Waals surface area contributed by atoms with Crippen LogP contribution < -0.4 is 0 Å². The lowest BCUT2D eigenvalue weighted by molar-refractivity contribution is 0.112. The summed E-state index contributed by atoms with van der Waals surface area (Å²) in [5.74, 6) is 0. The van der Waals surface area contributed by atoms with Crippen LogP contribution in [0.15, 0.2) is 18.3 Å². The number of aromatic amines is 1. The molecule has 2 nitrogen and oxygen atoms in total. The number of rotatable bonds is 3. The summed E-state index contributed by atoms with van der Waals surface area (Å²) < 4.78 is 0. The fourth-order valence-electron chi connectivity index (χ4n) is 1.22. The van der Waals surface area contributed by atoms with Crippen molar-refractivity contribution in [2.75, 3.05) is 0 Å². The third-order valence-electron chi connectivity index (χ3n) is 1.78. The molecule has 1 heterocycles. The number of aldehydes is 1. The van der Waals surface area contributed by atoms with Gasteiger partial charge < -0.3 is 4.98 Å². The predicted octanol–water partition coefficient (Wildman–Crippen LogP) is 2.89. The van der Waals surface area contributed by atoms with Crippen molar-refractivity contribution in [1.29, 1.82) is 0 Å². The van der Waals surface area contributed by atoms with E-state index < -0.39 is 0 Å². The highest BCUT2D eigenvalue weighted by Gasteiger charge is 2.03. The first-order valence-corrected chi connectivity index (χ1v) is 4.25. The largest absolute Gasteiger partial charge is 0.360 e. The van der Waals surface area contributed by atoms with Gasteiger partial charge in [0.1, 0.15) is 0 Å². The summed E-state index contributed by atoms with van der Waals surface area (Å²) in [5.41, 5.74) is 2.63. The number of nitrogens with one attached hydrogen (secondary N) is 1. The van der Waals surface area contributed by atoms with E-state index in [9.17, 15) is 4.79 Å². The van der Waals surface area contributed by atoms with Gasteiger partial charge in [-0.25, -0.2) is 0 Å². The number of carbonyl (C=O) groups is 1. The van der Waals surface area contributed by atoms with Crippen LogP contribution in [0.5, 0.6) is 0 Å². The number of allylic oxidation sites excluding steroid dienone is 2. The van der Waals surface area contributed by atoms with Gasteiger partial charge in [-0.3, -0.25) is 4.79 Å². The Kier molecular flexibility index (Phi) is 3.26. The van der Waals surface area contributed by atoms with E-state index in [0.29, 0.717) is 5.56 Å². The maximum Gasteiger partial charge on any atom is 0.152 e. The molecule has 0 aliphatic rings. The van der Waals surface area contributed by atoms with Crippen molar-refractivity contribution < 1.29 is 4.79 Å². The van der Waals surface area contributed by atoms with E-state index in [2.05, 4.69) is 4.98 Å². The number of H-pyrrole nitrogens is 1. The van der Waals surface area contributed by atoms with E-state index in [1.165, 1.54) is 0 Å². The van der Waals surface area contributed by atoms with Gasteiger partial charge in [0.25, 0.3) is 0 Å². The Hall–Kier alpha value is -1.57. The summed E-state index contributed by atoms with van der Waals surface area (Å²) in [6.07, 6.45) is 10.3. The van der Waals surface area contributed by atoms with Crippen molar-refractivity contribution >= 4 is 18.4 Å². The Morgan fingerprint density at radius 1 is 1.23 bits per heavy atom. The molecule has 0 fully saturated rings. The molecule has 1 aromatic heterocycles. The smallest absolute Gasteiger partial charge is 0.152 e. The van der Waals surface area contributed by atoms with Crippen LogP contribution in [0.4, 0.5) is 0 Å². The Morgan fingerprint density at radius 3 is 2.46 bits per heavy atom. The summed E-state index contributed by atoms with van der Waals surface area (Å²) in [6.45, 7) is 3.88. The molecule has 0 aliphatic heterocycles. The lowest BCUT2D eigenvalue weighted by atomic mass is 10.1. The minimum Gasteiger partial charge on any atom is -0.360 e. The molecule has 1 N–H and O–H groups in total. The van der Waals surface area contributed by atoms with Crippen molar-refractivity contribution in [2.24, 2.45) is 0 Å². The number of hydrogen-bond acceptors (Lipinski definition) is 1. The second-order valence-electron chi connectivity index (χ2n) is 2.69. The lowest BCUT2D eigenvalue weighted by Crippen LogP contribution is -1.80. The second kappa shape index (κ2) is 4.45. The highest BCUT2D eigenvalue weighted by atomic mass is 16.1. The molecule has 0 aromatic carbocycles. The van der Waals surface area contributed by atoms with Gasteiger partial charge in [-0.15, -0.1) is 0 Å².